The summed E-state index contributed by atoms with van der Waals surface area (Å²) in [5.74, 6) is 0.912. The molecule has 4 nitrogen and oxygen atoms in total. The minimum atomic E-state index is 0.897. The standard InChI is InChI=1S/C19H22N4S/c1-22(2)18-9-4-3-7-16(18)15-24-19-21-12-14-23(19)13-10-17-8-5-6-11-20-17/h3-9,11-12,14H,10,13,15H2,1-2H3. The van der Waals surface area contributed by atoms with Crippen molar-refractivity contribution < 1.29 is 0 Å². The van der Waals surface area contributed by atoms with E-state index in [4.69, 9.17) is 0 Å². The van der Waals surface area contributed by atoms with Gasteiger partial charge in [0, 0.05) is 62.8 Å². The van der Waals surface area contributed by atoms with Crippen molar-refractivity contribution in [2.24, 2.45) is 0 Å². The van der Waals surface area contributed by atoms with E-state index in [9.17, 15) is 0 Å². The van der Waals surface area contributed by atoms with Gasteiger partial charge in [-0.05, 0) is 23.8 Å². The topological polar surface area (TPSA) is 34.0 Å². The molecule has 0 saturated heterocycles. The van der Waals surface area contributed by atoms with Crippen LogP contribution in [0.25, 0.3) is 0 Å². The maximum atomic E-state index is 4.51. The molecule has 3 rings (SSSR count). The summed E-state index contributed by atoms with van der Waals surface area (Å²) >= 11 is 1.78. The second kappa shape index (κ2) is 8.02. The van der Waals surface area contributed by atoms with Crippen molar-refractivity contribution in [2.75, 3.05) is 19.0 Å². The summed E-state index contributed by atoms with van der Waals surface area (Å²) in [6.45, 7) is 0.897. The molecule has 0 saturated carbocycles. The molecule has 2 heterocycles. The lowest BCUT2D eigenvalue weighted by molar-refractivity contribution is 0.626. The fourth-order valence-electron chi connectivity index (χ4n) is 2.60. The SMILES string of the molecule is CN(C)c1ccccc1CSc1nccn1CCc1ccccn1. The highest BCUT2D eigenvalue weighted by atomic mass is 32.2. The van der Waals surface area contributed by atoms with Gasteiger partial charge in [0.25, 0.3) is 0 Å². The van der Waals surface area contributed by atoms with Gasteiger partial charge in [0.05, 0.1) is 0 Å². The number of thioether (sulfide) groups is 1. The number of imidazole rings is 1. The number of rotatable bonds is 7. The fraction of sp³-hybridized carbons (Fsp3) is 0.263. The second-order valence-electron chi connectivity index (χ2n) is 5.79. The first-order chi connectivity index (χ1) is 11.7. The highest BCUT2D eigenvalue weighted by Crippen LogP contribution is 2.27. The van der Waals surface area contributed by atoms with E-state index in [1.54, 1.807) is 11.8 Å². The van der Waals surface area contributed by atoms with Crippen LogP contribution in [0, 0.1) is 0 Å². The predicted molar refractivity (Wildman–Crippen MR) is 100 cm³/mol. The minimum absolute atomic E-state index is 0.897. The molecule has 0 bridgehead atoms. The Kier molecular flexibility index (Phi) is 5.54. The van der Waals surface area contributed by atoms with Gasteiger partial charge in [-0.2, -0.15) is 0 Å². The molecule has 1 aromatic carbocycles. The minimum Gasteiger partial charge on any atom is -0.377 e. The van der Waals surface area contributed by atoms with Crippen LogP contribution in [0.4, 0.5) is 5.69 Å². The lowest BCUT2D eigenvalue weighted by atomic mass is 10.2. The molecule has 0 aliphatic carbocycles. The molecular weight excluding hydrogens is 316 g/mol. The second-order valence-corrected chi connectivity index (χ2v) is 6.73. The Hall–Kier alpha value is -2.27. The number of hydrogen-bond acceptors (Lipinski definition) is 4. The van der Waals surface area contributed by atoms with E-state index in [1.165, 1.54) is 11.3 Å². The Morgan fingerprint density at radius 1 is 1.00 bits per heavy atom. The first-order valence-corrected chi connectivity index (χ1v) is 9.01. The molecule has 0 amide bonds. The third-order valence-corrected chi connectivity index (χ3v) is 4.90. The Morgan fingerprint density at radius 3 is 2.62 bits per heavy atom. The van der Waals surface area contributed by atoms with Crippen LogP contribution in [0.15, 0.2) is 66.2 Å². The van der Waals surface area contributed by atoms with Gasteiger partial charge in [-0.15, -0.1) is 0 Å². The summed E-state index contributed by atoms with van der Waals surface area (Å²) in [4.78, 5) is 11.1. The first kappa shape index (κ1) is 16.6. The number of hydrogen-bond donors (Lipinski definition) is 0. The number of aromatic nitrogens is 3. The molecule has 0 radical (unpaired) electrons. The number of pyridine rings is 1. The molecule has 0 spiro atoms. The summed E-state index contributed by atoms with van der Waals surface area (Å²) in [5.41, 5.74) is 3.70. The van der Waals surface area contributed by atoms with Crippen LogP contribution in [0.2, 0.25) is 0 Å². The maximum Gasteiger partial charge on any atom is 0.168 e. The molecule has 0 atom stereocenters. The predicted octanol–water partition coefficient (Wildman–Crippen LogP) is 3.88. The molecule has 3 aromatic rings. The lowest BCUT2D eigenvalue weighted by Crippen LogP contribution is -2.10. The van der Waals surface area contributed by atoms with E-state index in [2.05, 4.69) is 63.9 Å². The summed E-state index contributed by atoms with van der Waals surface area (Å²) in [6, 6.07) is 14.6. The summed E-state index contributed by atoms with van der Waals surface area (Å²) in [7, 11) is 4.16. The fourth-order valence-corrected chi connectivity index (χ4v) is 3.58. The van der Waals surface area contributed by atoms with Gasteiger partial charge < -0.3 is 9.47 Å². The summed E-state index contributed by atoms with van der Waals surface area (Å²) in [6.07, 6.45) is 6.68. The van der Waals surface area contributed by atoms with Crippen molar-refractivity contribution in [2.45, 2.75) is 23.9 Å². The average molecular weight is 338 g/mol. The third kappa shape index (κ3) is 4.17. The molecule has 0 unspecified atom stereocenters. The first-order valence-electron chi connectivity index (χ1n) is 8.03. The molecule has 124 valence electrons. The van der Waals surface area contributed by atoms with Crippen LogP contribution < -0.4 is 4.90 Å². The number of aryl methyl sites for hydroxylation is 2. The highest BCUT2D eigenvalue weighted by Gasteiger charge is 2.08. The Morgan fingerprint density at radius 2 is 1.83 bits per heavy atom. The van der Waals surface area contributed by atoms with Gasteiger partial charge >= 0.3 is 0 Å². The smallest absolute Gasteiger partial charge is 0.168 e. The molecule has 5 heteroatoms. The molecule has 0 aliphatic heterocycles. The van der Waals surface area contributed by atoms with Gasteiger partial charge in [-0.25, -0.2) is 4.98 Å². The monoisotopic (exact) mass is 338 g/mol. The number of benzene rings is 1. The van der Waals surface area contributed by atoms with Gasteiger partial charge in [0.1, 0.15) is 0 Å². The number of anilines is 1. The Balaban J connectivity index is 1.64. The van der Waals surface area contributed by atoms with Crippen LogP contribution in [-0.4, -0.2) is 28.6 Å². The number of para-hydroxylation sites is 1. The molecule has 2 aromatic heterocycles. The third-order valence-electron chi connectivity index (χ3n) is 3.84. The average Bonchev–Trinajstić information content (AvgIpc) is 3.06. The largest absolute Gasteiger partial charge is 0.377 e. The Bertz CT molecular complexity index is 768. The van der Waals surface area contributed by atoms with Crippen LogP contribution >= 0.6 is 11.8 Å². The van der Waals surface area contributed by atoms with E-state index in [0.717, 1.165) is 29.6 Å². The zero-order chi connectivity index (χ0) is 16.8. The van der Waals surface area contributed by atoms with Crippen LogP contribution in [0.1, 0.15) is 11.3 Å². The number of nitrogens with zero attached hydrogens (tertiary/aromatic N) is 4. The molecule has 0 fully saturated rings. The molecular formula is C19H22N4S. The highest BCUT2D eigenvalue weighted by molar-refractivity contribution is 7.98. The van der Waals surface area contributed by atoms with Crippen molar-refractivity contribution >= 4 is 17.4 Å². The quantitative estimate of drug-likeness (QED) is 0.612. The van der Waals surface area contributed by atoms with Crippen LogP contribution in [0.5, 0.6) is 0 Å². The van der Waals surface area contributed by atoms with Gasteiger partial charge in [0.15, 0.2) is 5.16 Å². The normalized spacial score (nSPS) is 10.8. The zero-order valence-electron chi connectivity index (χ0n) is 14.1. The summed E-state index contributed by atoms with van der Waals surface area (Å²) in [5, 5.41) is 1.06. The van der Waals surface area contributed by atoms with Crippen LogP contribution in [-0.2, 0) is 18.7 Å². The van der Waals surface area contributed by atoms with Gasteiger partial charge in [-0.1, -0.05) is 36.0 Å². The molecule has 0 aliphatic rings. The molecule has 24 heavy (non-hydrogen) atoms. The van der Waals surface area contributed by atoms with E-state index < -0.39 is 0 Å². The van der Waals surface area contributed by atoms with E-state index in [1.807, 2.05) is 30.7 Å². The van der Waals surface area contributed by atoms with Gasteiger partial charge in [0.2, 0.25) is 0 Å². The van der Waals surface area contributed by atoms with E-state index in [0.29, 0.717) is 0 Å². The van der Waals surface area contributed by atoms with Crippen LogP contribution in [0.3, 0.4) is 0 Å². The van der Waals surface area contributed by atoms with Crippen molar-refractivity contribution in [3.8, 4) is 0 Å². The van der Waals surface area contributed by atoms with E-state index in [-0.39, 0.29) is 0 Å². The summed E-state index contributed by atoms with van der Waals surface area (Å²) < 4.78 is 2.21. The zero-order valence-corrected chi connectivity index (χ0v) is 14.9. The van der Waals surface area contributed by atoms with Gasteiger partial charge in [-0.3, -0.25) is 4.98 Å². The molecule has 0 N–H and O–H groups in total. The van der Waals surface area contributed by atoms with Crippen molar-refractivity contribution in [1.29, 1.82) is 0 Å². The van der Waals surface area contributed by atoms with Crippen molar-refractivity contribution in [3.05, 3.63) is 72.3 Å². The van der Waals surface area contributed by atoms with Crippen molar-refractivity contribution in [1.82, 2.24) is 14.5 Å². The Labute approximate surface area is 147 Å². The lowest BCUT2D eigenvalue weighted by Gasteiger charge is -2.17. The maximum absolute atomic E-state index is 4.51. The van der Waals surface area contributed by atoms with E-state index >= 15 is 0 Å². The van der Waals surface area contributed by atoms with Crippen molar-refractivity contribution in [3.63, 3.8) is 0 Å².